The third-order valence-electron chi connectivity index (χ3n) is 5.12. The quantitative estimate of drug-likeness (QED) is 0.607. The van der Waals surface area contributed by atoms with E-state index in [-0.39, 0.29) is 16.6 Å². The van der Waals surface area contributed by atoms with Crippen molar-refractivity contribution in [2.24, 2.45) is 0 Å². The molecule has 2 aromatic rings. The molecule has 0 unspecified atom stereocenters. The molecule has 1 fully saturated rings. The molecular formula is C22H24Cl2N4O3S. The fourth-order valence-electron chi connectivity index (χ4n) is 3.49. The predicted molar refractivity (Wildman–Crippen MR) is 132 cm³/mol. The van der Waals surface area contributed by atoms with Gasteiger partial charge < -0.3 is 19.9 Å². The van der Waals surface area contributed by atoms with Crippen molar-refractivity contribution in [3.05, 3.63) is 52.0 Å². The number of amides is 2. The SMILES string of the molecule is CCC(=O)N1CCN(c2ccc(Cl)cc2NC(=S)NC(=O)c2cc(Cl)ccc2OC)CC1. The van der Waals surface area contributed by atoms with Crippen LogP contribution in [0.5, 0.6) is 5.75 Å². The van der Waals surface area contributed by atoms with Crippen LogP contribution in [0.1, 0.15) is 23.7 Å². The van der Waals surface area contributed by atoms with E-state index in [1.165, 1.54) is 13.2 Å². The summed E-state index contributed by atoms with van der Waals surface area (Å²) >= 11 is 17.6. The highest BCUT2D eigenvalue weighted by atomic mass is 35.5. The highest BCUT2D eigenvalue weighted by Crippen LogP contribution is 2.30. The molecular weight excluding hydrogens is 471 g/mol. The van der Waals surface area contributed by atoms with Crippen LogP contribution in [0.2, 0.25) is 10.0 Å². The van der Waals surface area contributed by atoms with Gasteiger partial charge in [0.15, 0.2) is 5.11 Å². The number of hydrogen-bond donors (Lipinski definition) is 2. The maximum Gasteiger partial charge on any atom is 0.261 e. The molecule has 0 spiro atoms. The molecule has 10 heteroatoms. The first-order chi connectivity index (χ1) is 15.3. The summed E-state index contributed by atoms with van der Waals surface area (Å²) in [6, 6.07) is 10.2. The fourth-order valence-corrected chi connectivity index (χ4v) is 4.03. The van der Waals surface area contributed by atoms with Gasteiger partial charge in [0.05, 0.1) is 24.0 Å². The van der Waals surface area contributed by atoms with Crippen LogP contribution >= 0.6 is 35.4 Å². The van der Waals surface area contributed by atoms with Gasteiger partial charge in [-0.25, -0.2) is 0 Å². The van der Waals surface area contributed by atoms with Crippen molar-refractivity contribution in [3.8, 4) is 5.75 Å². The topological polar surface area (TPSA) is 73.9 Å². The number of hydrogen-bond acceptors (Lipinski definition) is 5. The molecule has 2 amide bonds. The zero-order valence-electron chi connectivity index (χ0n) is 17.8. The first kappa shape index (κ1) is 24.1. The monoisotopic (exact) mass is 494 g/mol. The summed E-state index contributed by atoms with van der Waals surface area (Å²) in [4.78, 5) is 28.7. The van der Waals surface area contributed by atoms with Crippen molar-refractivity contribution in [2.75, 3.05) is 43.5 Å². The molecule has 0 aromatic heterocycles. The summed E-state index contributed by atoms with van der Waals surface area (Å²) in [7, 11) is 1.47. The number of nitrogens with zero attached hydrogens (tertiary/aromatic N) is 2. The normalized spacial score (nSPS) is 13.5. The van der Waals surface area contributed by atoms with Crippen LogP contribution in [0, 0.1) is 0 Å². The zero-order chi connectivity index (χ0) is 23.3. The molecule has 1 aliphatic rings. The van der Waals surface area contributed by atoms with E-state index in [1.54, 1.807) is 24.3 Å². The Balaban J connectivity index is 1.72. The van der Waals surface area contributed by atoms with E-state index in [4.69, 9.17) is 40.2 Å². The van der Waals surface area contributed by atoms with E-state index < -0.39 is 5.91 Å². The lowest BCUT2D eigenvalue weighted by Crippen LogP contribution is -2.48. The Hall–Kier alpha value is -2.55. The van der Waals surface area contributed by atoms with Gasteiger partial charge in [0.1, 0.15) is 5.75 Å². The van der Waals surface area contributed by atoms with Crippen LogP contribution in [0.25, 0.3) is 0 Å². The number of piperazine rings is 1. The van der Waals surface area contributed by atoms with E-state index in [9.17, 15) is 9.59 Å². The number of rotatable bonds is 5. The molecule has 170 valence electrons. The lowest BCUT2D eigenvalue weighted by Gasteiger charge is -2.37. The molecule has 2 aromatic carbocycles. The van der Waals surface area contributed by atoms with Crippen molar-refractivity contribution in [3.63, 3.8) is 0 Å². The van der Waals surface area contributed by atoms with Gasteiger partial charge in [-0.05, 0) is 48.6 Å². The third-order valence-corrected chi connectivity index (χ3v) is 5.79. The maximum absolute atomic E-state index is 12.7. The summed E-state index contributed by atoms with van der Waals surface area (Å²) in [5.74, 6) is 0.0919. The predicted octanol–water partition coefficient (Wildman–Crippen LogP) is 4.19. The van der Waals surface area contributed by atoms with E-state index in [2.05, 4.69) is 15.5 Å². The summed E-state index contributed by atoms with van der Waals surface area (Å²) in [5.41, 5.74) is 1.82. The number of benzene rings is 2. The second-order valence-corrected chi connectivity index (χ2v) is 8.42. The van der Waals surface area contributed by atoms with Crippen molar-refractivity contribution < 1.29 is 14.3 Å². The van der Waals surface area contributed by atoms with E-state index >= 15 is 0 Å². The zero-order valence-corrected chi connectivity index (χ0v) is 20.1. The average Bonchev–Trinajstić information content (AvgIpc) is 2.78. The van der Waals surface area contributed by atoms with Gasteiger partial charge in [-0.2, -0.15) is 0 Å². The Morgan fingerprint density at radius 3 is 2.38 bits per heavy atom. The van der Waals surface area contributed by atoms with Crippen LogP contribution in [0.15, 0.2) is 36.4 Å². The van der Waals surface area contributed by atoms with Crippen LogP contribution in [0.4, 0.5) is 11.4 Å². The van der Waals surface area contributed by atoms with Crippen LogP contribution in [0.3, 0.4) is 0 Å². The summed E-state index contributed by atoms with van der Waals surface area (Å²) in [5, 5.41) is 6.77. The Morgan fingerprint density at radius 2 is 1.72 bits per heavy atom. The highest BCUT2D eigenvalue weighted by Gasteiger charge is 2.22. The van der Waals surface area contributed by atoms with Gasteiger partial charge in [-0.15, -0.1) is 0 Å². The molecule has 2 N–H and O–H groups in total. The maximum atomic E-state index is 12.7. The Morgan fingerprint density at radius 1 is 1.06 bits per heavy atom. The van der Waals surface area contributed by atoms with Gasteiger partial charge in [0.25, 0.3) is 5.91 Å². The molecule has 7 nitrogen and oxygen atoms in total. The average molecular weight is 495 g/mol. The van der Waals surface area contributed by atoms with Crippen molar-refractivity contribution in [2.45, 2.75) is 13.3 Å². The number of carbonyl (C=O) groups is 2. The minimum atomic E-state index is -0.447. The number of carbonyl (C=O) groups excluding carboxylic acids is 2. The number of thiocarbonyl (C=S) groups is 1. The molecule has 0 atom stereocenters. The molecule has 0 bridgehead atoms. The van der Waals surface area contributed by atoms with Gasteiger partial charge in [-0.1, -0.05) is 30.1 Å². The molecule has 1 aliphatic heterocycles. The second kappa shape index (κ2) is 10.8. The standard InChI is InChI=1S/C22H24Cl2N4O3S/c1-3-20(29)28-10-8-27(9-11-28)18-6-4-15(24)13-17(18)25-22(32)26-21(30)16-12-14(23)5-7-19(16)31-2/h4-7,12-13H,3,8-11H2,1-2H3,(H2,25,26,30,32). The smallest absolute Gasteiger partial charge is 0.261 e. The fraction of sp³-hybridized carbons (Fsp3) is 0.318. The number of halogens is 2. The Labute approximate surface area is 202 Å². The van der Waals surface area contributed by atoms with Gasteiger partial charge in [0, 0.05) is 42.6 Å². The van der Waals surface area contributed by atoms with Crippen molar-refractivity contribution >= 4 is 63.7 Å². The van der Waals surface area contributed by atoms with Crippen LogP contribution in [-0.2, 0) is 4.79 Å². The van der Waals surface area contributed by atoms with E-state index in [0.717, 1.165) is 5.69 Å². The molecule has 1 heterocycles. The third kappa shape index (κ3) is 5.82. The molecule has 1 saturated heterocycles. The van der Waals surface area contributed by atoms with Crippen molar-refractivity contribution in [1.82, 2.24) is 10.2 Å². The Kier molecular flexibility index (Phi) is 8.17. The number of ether oxygens (including phenoxy) is 1. The first-order valence-electron chi connectivity index (χ1n) is 10.1. The van der Waals surface area contributed by atoms with E-state index in [0.29, 0.717) is 54.1 Å². The minimum absolute atomic E-state index is 0.111. The van der Waals surface area contributed by atoms with Crippen LogP contribution < -0.4 is 20.3 Å². The first-order valence-corrected chi connectivity index (χ1v) is 11.3. The summed E-state index contributed by atoms with van der Waals surface area (Å²) in [6.45, 7) is 4.51. The molecule has 32 heavy (non-hydrogen) atoms. The highest BCUT2D eigenvalue weighted by molar-refractivity contribution is 7.80. The summed E-state index contributed by atoms with van der Waals surface area (Å²) < 4.78 is 5.23. The van der Waals surface area contributed by atoms with E-state index in [1.807, 2.05) is 17.9 Å². The minimum Gasteiger partial charge on any atom is -0.496 e. The van der Waals surface area contributed by atoms with Crippen molar-refractivity contribution in [1.29, 1.82) is 0 Å². The lowest BCUT2D eigenvalue weighted by molar-refractivity contribution is -0.131. The van der Waals surface area contributed by atoms with Gasteiger partial charge in [-0.3, -0.25) is 14.9 Å². The summed E-state index contributed by atoms with van der Waals surface area (Å²) in [6.07, 6.45) is 0.499. The largest absolute Gasteiger partial charge is 0.496 e. The van der Waals surface area contributed by atoms with Gasteiger partial charge >= 0.3 is 0 Å². The lowest BCUT2D eigenvalue weighted by atomic mass is 10.2. The number of nitrogens with one attached hydrogen (secondary N) is 2. The van der Waals surface area contributed by atoms with Crippen LogP contribution in [-0.4, -0.2) is 55.1 Å². The second-order valence-electron chi connectivity index (χ2n) is 7.14. The molecule has 0 saturated carbocycles. The number of methoxy groups -OCH3 is 1. The molecule has 3 rings (SSSR count). The van der Waals surface area contributed by atoms with Gasteiger partial charge in [0.2, 0.25) is 5.91 Å². The molecule has 0 aliphatic carbocycles. The Bertz CT molecular complexity index is 1030. The number of anilines is 2. The molecule has 0 radical (unpaired) electrons.